The van der Waals surface area contributed by atoms with Crippen LogP contribution in [0.3, 0.4) is 0 Å². The molecule has 2 rings (SSSR count). The third-order valence-corrected chi connectivity index (χ3v) is 4.18. The number of rotatable bonds is 4. The van der Waals surface area contributed by atoms with Gasteiger partial charge in [0.05, 0.1) is 0 Å². The molecular formula is C15H21N3O2. The lowest BCUT2D eigenvalue weighted by molar-refractivity contribution is -0.128. The van der Waals surface area contributed by atoms with Gasteiger partial charge >= 0.3 is 0 Å². The van der Waals surface area contributed by atoms with Gasteiger partial charge in [-0.3, -0.25) is 4.79 Å². The Hall–Kier alpha value is -2.04. The quantitative estimate of drug-likeness (QED) is 0.383. The van der Waals surface area contributed by atoms with Crippen molar-refractivity contribution in [2.24, 2.45) is 16.3 Å². The lowest BCUT2D eigenvalue weighted by Crippen LogP contribution is -2.55. The number of aryl methyl sites for hydroxylation is 1. The van der Waals surface area contributed by atoms with Crippen LogP contribution in [0.15, 0.2) is 29.4 Å². The van der Waals surface area contributed by atoms with Gasteiger partial charge in [0.2, 0.25) is 5.91 Å². The molecule has 0 spiro atoms. The van der Waals surface area contributed by atoms with Gasteiger partial charge in [0, 0.05) is 12.2 Å². The Morgan fingerprint density at radius 1 is 1.45 bits per heavy atom. The number of para-hydroxylation sites is 1. The smallest absolute Gasteiger partial charge is 0.240 e. The molecule has 0 unspecified atom stereocenters. The Bertz CT molecular complexity index is 536. The molecule has 3 N–H and O–H groups in total. The molecule has 20 heavy (non-hydrogen) atoms. The Morgan fingerprint density at radius 3 is 2.55 bits per heavy atom. The highest BCUT2D eigenvalue weighted by atomic mass is 16.4. The number of carbonyl (C=O) groups is 1. The Balaban J connectivity index is 2.37. The zero-order valence-corrected chi connectivity index (χ0v) is 12.0. The molecule has 1 aromatic rings. The van der Waals surface area contributed by atoms with Gasteiger partial charge in [-0.2, -0.15) is 0 Å². The summed E-state index contributed by atoms with van der Waals surface area (Å²) in [7, 11) is 0. The number of nitrogens with zero attached hydrogens (tertiary/aromatic N) is 2. The molecule has 0 aliphatic heterocycles. The first kappa shape index (κ1) is 14.4. The number of hydrogen-bond acceptors (Lipinski definition) is 3. The number of nitrogens with two attached hydrogens (primary N) is 1. The van der Waals surface area contributed by atoms with Crippen LogP contribution >= 0.6 is 0 Å². The number of hydrogen-bond donors (Lipinski definition) is 2. The van der Waals surface area contributed by atoms with Crippen LogP contribution in [0, 0.1) is 12.3 Å². The van der Waals surface area contributed by atoms with E-state index in [4.69, 9.17) is 10.9 Å². The molecule has 1 fully saturated rings. The number of carbonyl (C=O) groups excluding carboxylic acids is 1. The summed E-state index contributed by atoms with van der Waals surface area (Å²) in [6.45, 7) is 4.47. The minimum atomic E-state index is -0.826. The van der Waals surface area contributed by atoms with Crippen molar-refractivity contribution >= 4 is 17.4 Å². The molecule has 0 radical (unpaired) electrons. The van der Waals surface area contributed by atoms with Gasteiger partial charge in [-0.05, 0) is 38.3 Å². The predicted molar refractivity (Wildman–Crippen MR) is 78.9 cm³/mol. The standard InChI is InChI=1S/C15H21N3O2/c1-3-18(12-8-5-4-7-11(12)2)14(19)15(9-6-10-15)13(16)17-20/h4-5,7-8,20H,3,6,9-10H2,1-2H3,(H2,16,17). The lowest BCUT2D eigenvalue weighted by atomic mass is 9.66. The van der Waals surface area contributed by atoms with Crippen LogP contribution < -0.4 is 10.6 Å². The fraction of sp³-hybridized carbons (Fsp3) is 0.467. The molecular weight excluding hydrogens is 254 g/mol. The first-order valence-electron chi connectivity index (χ1n) is 6.92. The minimum Gasteiger partial charge on any atom is -0.409 e. The SMILES string of the molecule is CCN(C(=O)C1(/C(N)=N/O)CCC1)c1ccccc1C. The Morgan fingerprint density at radius 2 is 2.10 bits per heavy atom. The second kappa shape index (κ2) is 5.53. The molecule has 5 nitrogen and oxygen atoms in total. The molecule has 0 atom stereocenters. The van der Waals surface area contributed by atoms with Crippen LogP contribution in [0.4, 0.5) is 5.69 Å². The molecule has 5 heteroatoms. The van der Waals surface area contributed by atoms with Crippen molar-refractivity contribution in [3.05, 3.63) is 29.8 Å². The minimum absolute atomic E-state index is 0.0285. The van der Waals surface area contributed by atoms with Crippen molar-refractivity contribution < 1.29 is 10.0 Å². The van der Waals surface area contributed by atoms with Crippen molar-refractivity contribution in [3.8, 4) is 0 Å². The van der Waals surface area contributed by atoms with E-state index in [1.54, 1.807) is 4.90 Å². The number of oxime groups is 1. The third-order valence-electron chi connectivity index (χ3n) is 4.18. The van der Waals surface area contributed by atoms with Crippen molar-refractivity contribution in [2.45, 2.75) is 33.1 Å². The molecule has 1 aliphatic carbocycles. The molecule has 0 saturated heterocycles. The van der Waals surface area contributed by atoms with Crippen LogP contribution in [0.25, 0.3) is 0 Å². The summed E-state index contributed by atoms with van der Waals surface area (Å²) in [5.74, 6) is -0.0448. The van der Waals surface area contributed by atoms with E-state index in [-0.39, 0.29) is 11.7 Å². The van der Waals surface area contributed by atoms with E-state index in [2.05, 4.69) is 5.16 Å². The molecule has 1 saturated carbocycles. The third kappa shape index (κ3) is 2.13. The average Bonchev–Trinajstić information content (AvgIpc) is 2.40. The van der Waals surface area contributed by atoms with Crippen LogP contribution in [0.5, 0.6) is 0 Å². The molecule has 1 aliphatic rings. The van der Waals surface area contributed by atoms with Gasteiger partial charge in [0.15, 0.2) is 5.84 Å². The molecule has 108 valence electrons. The summed E-state index contributed by atoms with van der Waals surface area (Å²) in [5, 5.41) is 12.0. The fourth-order valence-corrected chi connectivity index (χ4v) is 2.75. The molecule has 1 aromatic carbocycles. The maximum absolute atomic E-state index is 12.9. The average molecular weight is 275 g/mol. The highest BCUT2D eigenvalue weighted by molar-refractivity contribution is 6.13. The van der Waals surface area contributed by atoms with Gasteiger partial charge in [-0.1, -0.05) is 29.8 Å². The Kier molecular flexibility index (Phi) is 3.97. The van der Waals surface area contributed by atoms with E-state index < -0.39 is 5.41 Å². The van der Waals surface area contributed by atoms with E-state index >= 15 is 0 Å². The number of anilines is 1. The van der Waals surface area contributed by atoms with Crippen molar-refractivity contribution in [3.63, 3.8) is 0 Å². The molecule has 0 aromatic heterocycles. The second-order valence-electron chi connectivity index (χ2n) is 5.26. The van der Waals surface area contributed by atoms with Crippen LogP contribution in [0.2, 0.25) is 0 Å². The first-order valence-corrected chi connectivity index (χ1v) is 6.92. The van der Waals surface area contributed by atoms with Crippen LogP contribution in [0.1, 0.15) is 31.7 Å². The van der Waals surface area contributed by atoms with E-state index in [9.17, 15) is 4.79 Å². The summed E-state index contributed by atoms with van der Waals surface area (Å²) in [5.41, 5.74) is 6.87. The summed E-state index contributed by atoms with van der Waals surface area (Å²) in [6, 6.07) is 7.76. The van der Waals surface area contributed by atoms with Crippen molar-refractivity contribution in [1.82, 2.24) is 0 Å². The fourth-order valence-electron chi connectivity index (χ4n) is 2.75. The maximum atomic E-state index is 12.9. The number of benzene rings is 1. The predicted octanol–water partition coefficient (Wildman–Crippen LogP) is 2.26. The monoisotopic (exact) mass is 275 g/mol. The second-order valence-corrected chi connectivity index (χ2v) is 5.26. The zero-order valence-electron chi connectivity index (χ0n) is 12.0. The van der Waals surface area contributed by atoms with Crippen LogP contribution in [-0.2, 0) is 4.79 Å². The zero-order chi connectivity index (χ0) is 14.8. The Labute approximate surface area is 119 Å². The summed E-state index contributed by atoms with van der Waals surface area (Å²) < 4.78 is 0. The van der Waals surface area contributed by atoms with E-state index in [1.807, 2.05) is 38.1 Å². The normalized spacial score (nSPS) is 17.4. The van der Waals surface area contributed by atoms with E-state index in [0.717, 1.165) is 17.7 Å². The highest BCUT2D eigenvalue weighted by Crippen LogP contribution is 2.43. The first-order chi connectivity index (χ1) is 9.56. The van der Waals surface area contributed by atoms with Gasteiger partial charge in [-0.25, -0.2) is 0 Å². The molecule has 0 bridgehead atoms. The van der Waals surface area contributed by atoms with Crippen molar-refractivity contribution in [2.75, 3.05) is 11.4 Å². The summed E-state index contributed by atoms with van der Waals surface area (Å²) in [6.07, 6.45) is 2.21. The van der Waals surface area contributed by atoms with Crippen LogP contribution in [-0.4, -0.2) is 23.5 Å². The summed E-state index contributed by atoms with van der Waals surface area (Å²) >= 11 is 0. The largest absolute Gasteiger partial charge is 0.409 e. The maximum Gasteiger partial charge on any atom is 0.240 e. The number of amides is 1. The van der Waals surface area contributed by atoms with E-state index in [1.165, 1.54) is 0 Å². The van der Waals surface area contributed by atoms with Gasteiger partial charge in [-0.15, -0.1) is 0 Å². The molecule has 1 amide bonds. The number of amidine groups is 1. The van der Waals surface area contributed by atoms with E-state index in [0.29, 0.717) is 19.4 Å². The highest BCUT2D eigenvalue weighted by Gasteiger charge is 2.50. The van der Waals surface area contributed by atoms with Gasteiger partial charge in [0.25, 0.3) is 0 Å². The lowest BCUT2D eigenvalue weighted by Gasteiger charge is -2.42. The molecule has 0 heterocycles. The summed E-state index contributed by atoms with van der Waals surface area (Å²) in [4.78, 5) is 14.6. The van der Waals surface area contributed by atoms with Gasteiger partial charge < -0.3 is 15.8 Å². The van der Waals surface area contributed by atoms with Crippen molar-refractivity contribution in [1.29, 1.82) is 0 Å². The topological polar surface area (TPSA) is 78.9 Å². The van der Waals surface area contributed by atoms with Gasteiger partial charge in [0.1, 0.15) is 5.41 Å².